The van der Waals surface area contributed by atoms with Crippen molar-refractivity contribution in [2.24, 2.45) is 0 Å². The second kappa shape index (κ2) is 4.93. The number of nitrogens with zero attached hydrogens (tertiary/aromatic N) is 4. The molecular formula is C14H12N6. The summed E-state index contributed by atoms with van der Waals surface area (Å²) < 4.78 is 0. The van der Waals surface area contributed by atoms with Crippen LogP contribution < -0.4 is 11.5 Å². The van der Waals surface area contributed by atoms with Gasteiger partial charge in [0.05, 0.1) is 0 Å². The lowest BCUT2D eigenvalue weighted by atomic mass is 10.2. The Morgan fingerprint density at radius 2 is 0.800 bits per heavy atom. The van der Waals surface area contributed by atoms with E-state index in [9.17, 15) is 0 Å². The molecule has 0 spiro atoms. The Morgan fingerprint density at radius 3 is 1.10 bits per heavy atom. The monoisotopic (exact) mass is 264 g/mol. The van der Waals surface area contributed by atoms with Crippen molar-refractivity contribution in [2.75, 3.05) is 11.5 Å². The van der Waals surface area contributed by atoms with Crippen molar-refractivity contribution >= 4 is 11.4 Å². The van der Waals surface area contributed by atoms with Gasteiger partial charge in [-0.15, -0.1) is 20.4 Å². The molecule has 20 heavy (non-hydrogen) atoms. The summed E-state index contributed by atoms with van der Waals surface area (Å²) >= 11 is 0. The standard InChI is InChI=1S/C14H12N6/c15-11-5-1-9(2-6-11)13-17-19-14(20-18-13)10-3-7-12(16)8-4-10/h1-8H,15-16H2. The minimum absolute atomic E-state index is 0.462. The Labute approximate surface area is 115 Å². The van der Waals surface area contributed by atoms with Gasteiger partial charge in [-0.3, -0.25) is 0 Å². The van der Waals surface area contributed by atoms with Crippen LogP contribution in [0.2, 0.25) is 0 Å². The largest absolute Gasteiger partial charge is 0.399 e. The number of nitrogens with two attached hydrogens (primary N) is 2. The van der Waals surface area contributed by atoms with E-state index in [0.29, 0.717) is 23.0 Å². The van der Waals surface area contributed by atoms with Crippen molar-refractivity contribution in [3.05, 3.63) is 48.5 Å². The van der Waals surface area contributed by atoms with Crippen LogP contribution in [-0.2, 0) is 0 Å². The number of hydrogen-bond donors (Lipinski definition) is 2. The smallest absolute Gasteiger partial charge is 0.203 e. The Kier molecular flexibility index (Phi) is 2.96. The van der Waals surface area contributed by atoms with Crippen molar-refractivity contribution in [3.8, 4) is 22.8 Å². The predicted octanol–water partition coefficient (Wildman–Crippen LogP) is 1.76. The molecule has 1 heterocycles. The summed E-state index contributed by atoms with van der Waals surface area (Å²) in [5.41, 5.74) is 14.3. The van der Waals surface area contributed by atoms with E-state index in [4.69, 9.17) is 11.5 Å². The highest BCUT2D eigenvalue weighted by molar-refractivity contribution is 5.60. The topological polar surface area (TPSA) is 104 Å². The molecule has 0 saturated carbocycles. The van der Waals surface area contributed by atoms with E-state index in [-0.39, 0.29) is 0 Å². The zero-order valence-electron chi connectivity index (χ0n) is 10.6. The van der Waals surface area contributed by atoms with Crippen molar-refractivity contribution in [3.63, 3.8) is 0 Å². The van der Waals surface area contributed by atoms with Crippen LogP contribution in [0.4, 0.5) is 11.4 Å². The van der Waals surface area contributed by atoms with E-state index in [1.165, 1.54) is 0 Å². The molecule has 0 saturated heterocycles. The molecule has 2 aromatic carbocycles. The van der Waals surface area contributed by atoms with Crippen LogP contribution >= 0.6 is 0 Å². The number of anilines is 2. The van der Waals surface area contributed by atoms with Crippen molar-refractivity contribution in [1.29, 1.82) is 0 Å². The van der Waals surface area contributed by atoms with E-state index in [1.807, 2.05) is 24.3 Å². The molecule has 0 radical (unpaired) electrons. The molecule has 1 aromatic heterocycles. The minimum atomic E-state index is 0.462. The van der Waals surface area contributed by atoms with Crippen molar-refractivity contribution in [2.45, 2.75) is 0 Å². The molecule has 6 nitrogen and oxygen atoms in total. The highest BCUT2D eigenvalue weighted by Crippen LogP contribution is 2.18. The summed E-state index contributed by atoms with van der Waals surface area (Å²) in [6, 6.07) is 14.5. The Morgan fingerprint density at radius 1 is 0.500 bits per heavy atom. The van der Waals surface area contributed by atoms with Gasteiger partial charge in [0.15, 0.2) is 0 Å². The highest BCUT2D eigenvalue weighted by atomic mass is 15.3. The number of hydrogen-bond acceptors (Lipinski definition) is 6. The molecule has 98 valence electrons. The molecular weight excluding hydrogens is 252 g/mol. The first-order chi connectivity index (χ1) is 9.72. The summed E-state index contributed by atoms with van der Waals surface area (Å²) in [5, 5.41) is 16.3. The van der Waals surface area contributed by atoms with Crippen LogP contribution in [0.5, 0.6) is 0 Å². The lowest BCUT2D eigenvalue weighted by Gasteiger charge is -2.01. The molecule has 0 amide bonds. The second-order valence-electron chi connectivity index (χ2n) is 4.29. The summed E-state index contributed by atoms with van der Waals surface area (Å²) in [5.74, 6) is 0.924. The third-order valence-electron chi connectivity index (χ3n) is 2.82. The number of benzene rings is 2. The van der Waals surface area contributed by atoms with Gasteiger partial charge in [-0.25, -0.2) is 0 Å². The molecule has 0 fully saturated rings. The van der Waals surface area contributed by atoms with Gasteiger partial charge in [-0.2, -0.15) is 0 Å². The Balaban J connectivity index is 1.91. The van der Waals surface area contributed by atoms with Gasteiger partial charge in [-0.05, 0) is 48.5 Å². The molecule has 6 heteroatoms. The fourth-order valence-electron chi connectivity index (χ4n) is 1.72. The molecule has 3 rings (SSSR count). The SMILES string of the molecule is Nc1ccc(-c2nnc(-c3ccc(N)cc3)nn2)cc1. The summed E-state index contributed by atoms with van der Waals surface area (Å²) in [7, 11) is 0. The fraction of sp³-hybridized carbons (Fsp3) is 0. The summed E-state index contributed by atoms with van der Waals surface area (Å²) in [6.45, 7) is 0. The minimum Gasteiger partial charge on any atom is -0.399 e. The first-order valence-electron chi connectivity index (χ1n) is 6.01. The van der Waals surface area contributed by atoms with Crippen LogP contribution in [0.1, 0.15) is 0 Å². The average molecular weight is 264 g/mol. The van der Waals surface area contributed by atoms with E-state index in [1.54, 1.807) is 24.3 Å². The zero-order valence-corrected chi connectivity index (χ0v) is 10.6. The molecule has 0 unspecified atom stereocenters. The van der Waals surface area contributed by atoms with Crippen LogP contribution in [-0.4, -0.2) is 20.4 Å². The quantitative estimate of drug-likeness (QED) is 0.683. The van der Waals surface area contributed by atoms with Gasteiger partial charge >= 0.3 is 0 Å². The lowest BCUT2D eigenvalue weighted by Crippen LogP contribution is -1.99. The molecule has 0 aliphatic carbocycles. The van der Waals surface area contributed by atoms with Crippen molar-refractivity contribution in [1.82, 2.24) is 20.4 Å². The molecule has 0 atom stereocenters. The van der Waals surface area contributed by atoms with Gasteiger partial charge in [-0.1, -0.05) is 0 Å². The summed E-state index contributed by atoms with van der Waals surface area (Å²) in [4.78, 5) is 0. The number of rotatable bonds is 2. The van der Waals surface area contributed by atoms with Gasteiger partial charge in [0.1, 0.15) is 0 Å². The van der Waals surface area contributed by atoms with Crippen LogP contribution in [0.3, 0.4) is 0 Å². The molecule has 3 aromatic rings. The van der Waals surface area contributed by atoms with E-state index in [2.05, 4.69) is 20.4 Å². The Hall–Kier alpha value is -3.02. The number of aromatic nitrogens is 4. The maximum Gasteiger partial charge on any atom is 0.203 e. The third-order valence-corrected chi connectivity index (χ3v) is 2.82. The Bertz CT molecular complexity index is 640. The third kappa shape index (κ3) is 2.39. The maximum atomic E-state index is 5.63. The van der Waals surface area contributed by atoms with E-state index in [0.717, 1.165) is 11.1 Å². The molecule has 0 aliphatic rings. The highest BCUT2D eigenvalue weighted by Gasteiger charge is 2.06. The predicted molar refractivity (Wildman–Crippen MR) is 77.3 cm³/mol. The van der Waals surface area contributed by atoms with E-state index >= 15 is 0 Å². The fourth-order valence-corrected chi connectivity index (χ4v) is 1.72. The first-order valence-corrected chi connectivity index (χ1v) is 6.01. The molecule has 4 N–H and O–H groups in total. The average Bonchev–Trinajstić information content (AvgIpc) is 2.49. The lowest BCUT2D eigenvalue weighted by molar-refractivity contribution is 0.876. The van der Waals surface area contributed by atoms with Gasteiger partial charge in [0.25, 0.3) is 0 Å². The first kappa shape index (κ1) is 12.0. The van der Waals surface area contributed by atoms with Crippen LogP contribution in [0, 0.1) is 0 Å². The second-order valence-corrected chi connectivity index (χ2v) is 4.29. The summed E-state index contributed by atoms with van der Waals surface area (Å²) in [6.07, 6.45) is 0. The van der Waals surface area contributed by atoms with Crippen LogP contribution in [0.15, 0.2) is 48.5 Å². The zero-order chi connectivity index (χ0) is 13.9. The van der Waals surface area contributed by atoms with Gasteiger partial charge < -0.3 is 11.5 Å². The number of nitrogen functional groups attached to an aromatic ring is 2. The van der Waals surface area contributed by atoms with E-state index < -0.39 is 0 Å². The van der Waals surface area contributed by atoms with Gasteiger partial charge in [0.2, 0.25) is 11.6 Å². The van der Waals surface area contributed by atoms with Crippen LogP contribution in [0.25, 0.3) is 22.8 Å². The maximum absolute atomic E-state index is 5.63. The van der Waals surface area contributed by atoms with Gasteiger partial charge in [0, 0.05) is 22.5 Å². The normalized spacial score (nSPS) is 10.4. The molecule has 0 aliphatic heterocycles. The van der Waals surface area contributed by atoms with Crippen molar-refractivity contribution < 1.29 is 0 Å². The molecule has 0 bridgehead atoms.